The maximum atomic E-state index is 12.2. The van der Waals surface area contributed by atoms with Crippen LogP contribution in [0.1, 0.15) is 54.0 Å². The van der Waals surface area contributed by atoms with Gasteiger partial charge in [0.15, 0.2) is 0 Å². The van der Waals surface area contributed by atoms with Gasteiger partial charge in [0.05, 0.1) is 21.3 Å². The first-order valence-electron chi connectivity index (χ1n) is 10.7. The molecule has 0 radical (unpaired) electrons. The zero-order chi connectivity index (χ0) is 20.5. The summed E-state index contributed by atoms with van der Waals surface area (Å²) in [4.78, 5) is 21.1. The number of nitrogens with zero attached hydrogens (tertiary/aromatic N) is 2. The number of aliphatic hydroxyl groups is 1. The average molecular weight is 424 g/mol. The second-order valence-electron chi connectivity index (χ2n) is 8.28. The highest BCUT2D eigenvalue weighted by atomic mass is 32.1. The molecule has 2 N–H and O–H groups in total. The van der Waals surface area contributed by atoms with Crippen LogP contribution in [0.4, 0.5) is 0 Å². The highest BCUT2D eigenvalue weighted by Crippen LogP contribution is 2.33. The van der Waals surface area contributed by atoms with Crippen molar-refractivity contribution >= 4 is 27.5 Å². The van der Waals surface area contributed by atoms with Gasteiger partial charge >= 0.3 is 0 Å². The minimum absolute atomic E-state index is 0.157. The van der Waals surface area contributed by atoms with Crippen molar-refractivity contribution in [2.75, 3.05) is 0 Å². The lowest BCUT2D eigenvalue weighted by Gasteiger charge is -2.26. The summed E-state index contributed by atoms with van der Waals surface area (Å²) in [7, 11) is 0. The molecule has 0 spiro atoms. The summed E-state index contributed by atoms with van der Waals surface area (Å²) >= 11 is 1.66. The predicted octanol–water partition coefficient (Wildman–Crippen LogP) is 4.47. The van der Waals surface area contributed by atoms with Crippen molar-refractivity contribution in [1.82, 2.24) is 15.3 Å². The third-order valence-electron chi connectivity index (χ3n) is 5.82. The lowest BCUT2D eigenvalue weighted by atomic mass is 9.84. The largest absolute Gasteiger partial charge is 0.457 e. The van der Waals surface area contributed by atoms with E-state index in [1.54, 1.807) is 29.7 Å². The van der Waals surface area contributed by atoms with Gasteiger partial charge in [-0.15, -0.1) is 11.3 Å². The van der Waals surface area contributed by atoms with E-state index in [0.29, 0.717) is 29.2 Å². The van der Waals surface area contributed by atoms with Gasteiger partial charge < -0.3 is 15.2 Å². The Hall–Kier alpha value is -2.51. The lowest BCUT2D eigenvalue weighted by molar-refractivity contribution is 0.0700. The number of amides is 1. The third-order valence-corrected chi connectivity index (χ3v) is 6.86. The number of fused-ring (bicyclic) bond motifs is 1. The molecular weight excluding hydrogens is 398 g/mol. The van der Waals surface area contributed by atoms with E-state index in [4.69, 9.17) is 9.72 Å². The molecule has 2 fully saturated rings. The van der Waals surface area contributed by atoms with E-state index in [0.717, 1.165) is 53.7 Å². The summed E-state index contributed by atoms with van der Waals surface area (Å²) in [6.07, 6.45) is 8.59. The van der Waals surface area contributed by atoms with Crippen LogP contribution in [0, 0.1) is 5.92 Å². The Morgan fingerprint density at radius 1 is 1.13 bits per heavy atom. The van der Waals surface area contributed by atoms with Crippen LogP contribution in [0.3, 0.4) is 0 Å². The van der Waals surface area contributed by atoms with Gasteiger partial charge in [-0.05, 0) is 49.8 Å². The molecule has 0 saturated heterocycles. The second kappa shape index (κ2) is 8.32. The van der Waals surface area contributed by atoms with E-state index in [-0.39, 0.29) is 12.0 Å². The van der Waals surface area contributed by atoms with Crippen molar-refractivity contribution in [3.63, 3.8) is 0 Å². The summed E-state index contributed by atoms with van der Waals surface area (Å²) in [6.45, 7) is 0. The molecule has 1 aromatic carbocycles. The molecule has 30 heavy (non-hydrogen) atoms. The number of carbonyl (C=O) groups is 1. The molecule has 7 heteroatoms. The number of aromatic nitrogens is 2. The molecule has 6 nitrogen and oxygen atoms in total. The van der Waals surface area contributed by atoms with Crippen LogP contribution in [0.25, 0.3) is 10.2 Å². The molecular formula is C23H25N3O3S. The van der Waals surface area contributed by atoms with Crippen LogP contribution >= 0.6 is 11.3 Å². The number of ether oxygens (including phenoxy) is 1. The first-order valence-corrected chi connectivity index (χ1v) is 11.5. The summed E-state index contributed by atoms with van der Waals surface area (Å²) in [5, 5.41) is 14.3. The van der Waals surface area contributed by atoms with Crippen LogP contribution < -0.4 is 10.1 Å². The number of hydrogen-bond donors (Lipinski definition) is 2. The van der Waals surface area contributed by atoms with Crippen molar-refractivity contribution in [3.8, 4) is 11.5 Å². The molecule has 0 aliphatic heterocycles. The molecule has 0 bridgehead atoms. The van der Waals surface area contributed by atoms with Crippen LogP contribution in [0.2, 0.25) is 0 Å². The smallest absolute Gasteiger partial charge is 0.270 e. The van der Waals surface area contributed by atoms with Crippen molar-refractivity contribution in [2.24, 2.45) is 5.92 Å². The van der Waals surface area contributed by atoms with E-state index in [2.05, 4.69) is 10.3 Å². The second-order valence-corrected chi connectivity index (χ2v) is 9.39. The Morgan fingerprint density at radius 3 is 2.80 bits per heavy atom. The zero-order valence-electron chi connectivity index (χ0n) is 16.7. The average Bonchev–Trinajstić information content (AvgIpc) is 3.47. The summed E-state index contributed by atoms with van der Waals surface area (Å²) in [5.41, 5.74) is 1.32. The summed E-state index contributed by atoms with van der Waals surface area (Å²) in [6, 6.07) is 9.56. The maximum absolute atomic E-state index is 12.2. The van der Waals surface area contributed by atoms with Crippen molar-refractivity contribution in [1.29, 1.82) is 0 Å². The van der Waals surface area contributed by atoms with Gasteiger partial charge in [-0.25, -0.2) is 4.98 Å². The van der Waals surface area contributed by atoms with Gasteiger partial charge in [0.2, 0.25) is 0 Å². The number of nitrogens with one attached hydrogen (secondary N) is 1. The van der Waals surface area contributed by atoms with E-state index in [1.165, 1.54) is 6.42 Å². The lowest BCUT2D eigenvalue weighted by Crippen LogP contribution is -2.26. The Balaban J connectivity index is 1.30. The van der Waals surface area contributed by atoms with Gasteiger partial charge in [-0.1, -0.05) is 12.8 Å². The van der Waals surface area contributed by atoms with Gasteiger partial charge in [-0.2, -0.15) is 0 Å². The predicted molar refractivity (Wildman–Crippen MR) is 116 cm³/mol. The number of benzene rings is 1. The quantitative estimate of drug-likeness (QED) is 0.611. The number of aliphatic hydroxyl groups excluding tert-OH is 1. The SMILES string of the molecule is O=C(NC1CC1)c1cc(Oc2ccc3nc(C[C@@H]4CCCC[C@H]4O)sc3c2)ccn1. The van der Waals surface area contributed by atoms with Gasteiger partial charge in [-0.3, -0.25) is 9.78 Å². The molecule has 0 unspecified atom stereocenters. The Morgan fingerprint density at radius 2 is 1.97 bits per heavy atom. The molecule has 2 aromatic heterocycles. The molecule has 2 saturated carbocycles. The monoisotopic (exact) mass is 423 g/mol. The van der Waals surface area contributed by atoms with Crippen molar-refractivity contribution in [3.05, 3.63) is 47.2 Å². The maximum Gasteiger partial charge on any atom is 0.270 e. The first kappa shape index (κ1) is 19.5. The van der Waals surface area contributed by atoms with Crippen LogP contribution in [-0.4, -0.2) is 33.1 Å². The molecule has 2 aliphatic rings. The zero-order valence-corrected chi connectivity index (χ0v) is 17.5. The summed E-state index contributed by atoms with van der Waals surface area (Å²) in [5.74, 6) is 1.44. The first-order chi connectivity index (χ1) is 14.6. The molecule has 156 valence electrons. The molecule has 2 heterocycles. The number of pyridine rings is 1. The number of carbonyl (C=O) groups excluding carboxylic acids is 1. The third kappa shape index (κ3) is 4.47. The molecule has 5 rings (SSSR count). The van der Waals surface area contributed by atoms with E-state index in [1.807, 2.05) is 18.2 Å². The highest BCUT2D eigenvalue weighted by molar-refractivity contribution is 7.18. The summed E-state index contributed by atoms with van der Waals surface area (Å²) < 4.78 is 7.06. The van der Waals surface area contributed by atoms with Crippen molar-refractivity contribution < 1.29 is 14.6 Å². The molecule has 3 aromatic rings. The Labute approximate surface area is 179 Å². The highest BCUT2D eigenvalue weighted by Gasteiger charge is 2.25. The van der Waals surface area contributed by atoms with E-state index >= 15 is 0 Å². The Kier molecular flexibility index (Phi) is 5.39. The van der Waals surface area contributed by atoms with Crippen LogP contribution in [-0.2, 0) is 6.42 Å². The standard InChI is InChI=1S/C23H25N3O3S/c27-20-4-2-1-3-14(20)11-22-26-18-8-7-16(13-21(18)30-22)29-17-9-10-24-19(12-17)23(28)25-15-5-6-15/h7-10,12-15,20,27H,1-6,11H2,(H,25,28)/t14-,20+/m0/s1. The number of hydrogen-bond acceptors (Lipinski definition) is 6. The number of thiazole rings is 1. The fourth-order valence-corrected chi connectivity index (χ4v) is 5.06. The minimum Gasteiger partial charge on any atom is -0.457 e. The number of rotatable bonds is 6. The van der Waals surface area contributed by atoms with Crippen LogP contribution in [0.5, 0.6) is 11.5 Å². The minimum atomic E-state index is -0.206. The van der Waals surface area contributed by atoms with Crippen LogP contribution in [0.15, 0.2) is 36.5 Å². The molecule has 2 aliphatic carbocycles. The normalized spacial score (nSPS) is 21.5. The molecule has 2 atom stereocenters. The molecule has 1 amide bonds. The fourth-order valence-electron chi connectivity index (χ4n) is 3.98. The van der Waals surface area contributed by atoms with Gasteiger partial charge in [0.1, 0.15) is 17.2 Å². The van der Waals surface area contributed by atoms with E-state index < -0.39 is 0 Å². The fraction of sp³-hybridized carbons (Fsp3) is 0.435. The van der Waals surface area contributed by atoms with Gasteiger partial charge in [0, 0.05) is 30.8 Å². The topological polar surface area (TPSA) is 84.3 Å². The Bertz CT molecular complexity index is 1060. The van der Waals surface area contributed by atoms with E-state index in [9.17, 15) is 9.90 Å². The van der Waals surface area contributed by atoms with Crippen molar-refractivity contribution in [2.45, 2.75) is 57.1 Å². The van der Waals surface area contributed by atoms with Gasteiger partial charge in [0.25, 0.3) is 5.91 Å².